The van der Waals surface area contributed by atoms with E-state index in [1.54, 1.807) is 6.92 Å². The Morgan fingerprint density at radius 2 is 2.00 bits per heavy atom. The van der Waals surface area contributed by atoms with Crippen LogP contribution in [0.5, 0.6) is 0 Å². The summed E-state index contributed by atoms with van der Waals surface area (Å²) in [7, 11) is 0. The lowest BCUT2D eigenvalue weighted by molar-refractivity contribution is -0.151. The molecule has 0 aliphatic heterocycles. The average molecular weight is 228 g/mol. The summed E-state index contributed by atoms with van der Waals surface area (Å²) in [5.74, 6) is 3.94. The van der Waals surface area contributed by atoms with Crippen molar-refractivity contribution >= 4 is 11.8 Å². The normalized spacial score (nSPS) is 9.47. The van der Waals surface area contributed by atoms with Gasteiger partial charge in [0.25, 0.3) is 5.78 Å². The Labute approximate surface area is 100 Å². The van der Waals surface area contributed by atoms with Gasteiger partial charge in [-0.05, 0) is 25.1 Å². The molecular formula is C14H12O3. The highest BCUT2D eigenvalue weighted by atomic mass is 16.5. The number of ketones is 1. The van der Waals surface area contributed by atoms with Gasteiger partial charge in [-0.2, -0.15) is 0 Å². The first-order chi connectivity index (χ1) is 8.24. The van der Waals surface area contributed by atoms with Crippen molar-refractivity contribution in [2.75, 3.05) is 6.61 Å². The predicted octanol–water partition coefficient (Wildman–Crippen LogP) is 1.73. The Morgan fingerprint density at radius 1 is 1.29 bits per heavy atom. The van der Waals surface area contributed by atoms with E-state index in [0.717, 1.165) is 11.6 Å². The molecule has 0 N–H and O–H groups in total. The van der Waals surface area contributed by atoms with Crippen molar-refractivity contribution < 1.29 is 14.3 Å². The zero-order chi connectivity index (χ0) is 12.5. The second-order valence-corrected chi connectivity index (χ2v) is 3.05. The molecule has 0 aliphatic carbocycles. The van der Waals surface area contributed by atoms with Crippen molar-refractivity contribution in [2.45, 2.75) is 6.92 Å². The summed E-state index contributed by atoms with van der Waals surface area (Å²) in [6.45, 7) is 1.83. The first kappa shape index (κ1) is 12.7. The summed E-state index contributed by atoms with van der Waals surface area (Å²) >= 11 is 0. The number of esters is 1. The van der Waals surface area contributed by atoms with Gasteiger partial charge in [0.15, 0.2) is 0 Å². The van der Waals surface area contributed by atoms with Crippen LogP contribution in [0.2, 0.25) is 0 Å². The monoisotopic (exact) mass is 228 g/mol. The minimum atomic E-state index is -0.856. The molecular weight excluding hydrogens is 216 g/mol. The standard InChI is InChI=1S/C14H12O3/c1-2-17-14(16)13(15)11-7-6-10-12-8-4-3-5-9-12/h3-5,7-9,11H,2H2,1H3. The molecule has 0 aliphatic rings. The van der Waals surface area contributed by atoms with Crippen molar-refractivity contribution in [1.29, 1.82) is 0 Å². The number of benzene rings is 1. The second kappa shape index (κ2) is 7.02. The van der Waals surface area contributed by atoms with Crippen molar-refractivity contribution in [3.63, 3.8) is 0 Å². The molecule has 0 fully saturated rings. The minimum absolute atomic E-state index is 0.189. The van der Waals surface area contributed by atoms with E-state index in [-0.39, 0.29) is 6.61 Å². The molecule has 0 aromatic heterocycles. The van der Waals surface area contributed by atoms with E-state index in [1.807, 2.05) is 30.3 Å². The van der Waals surface area contributed by atoms with Gasteiger partial charge in [0.2, 0.25) is 0 Å². The lowest BCUT2D eigenvalue weighted by atomic mass is 10.2. The van der Waals surface area contributed by atoms with Crippen LogP contribution < -0.4 is 0 Å². The van der Waals surface area contributed by atoms with Gasteiger partial charge >= 0.3 is 5.97 Å². The van der Waals surface area contributed by atoms with Crippen LogP contribution in [0.4, 0.5) is 0 Å². The number of carbonyl (C=O) groups is 2. The third kappa shape index (κ3) is 4.80. The molecule has 1 rings (SSSR count). The fourth-order valence-corrected chi connectivity index (χ4v) is 1.03. The molecule has 1 aromatic rings. The summed E-state index contributed by atoms with van der Waals surface area (Å²) in [6.07, 6.45) is 2.44. The van der Waals surface area contributed by atoms with Crippen molar-refractivity contribution in [2.24, 2.45) is 0 Å². The average Bonchev–Trinajstić information content (AvgIpc) is 2.36. The Kier molecular flexibility index (Phi) is 5.26. The van der Waals surface area contributed by atoms with Gasteiger partial charge in [-0.3, -0.25) is 4.79 Å². The molecule has 0 atom stereocenters. The molecule has 0 saturated carbocycles. The number of carbonyl (C=O) groups excluding carboxylic acids is 2. The first-order valence-corrected chi connectivity index (χ1v) is 5.18. The van der Waals surface area contributed by atoms with Crippen LogP contribution in [0.15, 0.2) is 42.5 Å². The molecule has 0 unspecified atom stereocenters. The molecule has 0 amide bonds. The molecule has 3 heteroatoms. The van der Waals surface area contributed by atoms with Gasteiger partial charge in [-0.25, -0.2) is 4.79 Å². The fraction of sp³-hybridized carbons (Fsp3) is 0.143. The van der Waals surface area contributed by atoms with Crippen molar-refractivity contribution in [1.82, 2.24) is 0 Å². The summed E-state index contributed by atoms with van der Waals surface area (Å²) < 4.78 is 4.53. The summed E-state index contributed by atoms with van der Waals surface area (Å²) in [4.78, 5) is 22.1. The van der Waals surface area contributed by atoms with Gasteiger partial charge in [0.1, 0.15) is 0 Å². The molecule has 0 spiro atoms. The van der Waals surface area contributed by atoms with Crippen LogP contribution in [0, 0.1) is 11.8 Å². The first-order valence-electron chi connectivity index (χ1n) is 5.18. The maximum atomic E-state index is 11.1. The Bertz CT molecular complexity index is 475. The molecule has 3 nitrogen and oxygen atoms in total. The second-order valence-electron chi connectivity index (χ2n) is 3.05. The zero-order valence-electron chi connectivity index (χ0n) is 9.47. The van der Waals surface area contributed by atoms with E-state index in [9.17, 15) is 9.59 Å². The summed E-state index contributed by atoms with van der Waals surface area (Å²) in [5, 5.41) is 0. The van der Waals surface area contributed by atoms with Crippen molar-refractivity contribution in [3.05, 3.63) is 48.0 Å². The van der Waals surface area contributed by atoms with Crippen LogP contribution in [0.25, 0.3) is 0 Å². The number of hydrogen-bond donors (Lipinski definition) is 0. The van der Waals surface area contributed by atoms with E-state index in [2.05, 4.69) is 16.6 Å². The van der Waals surface area contributed by atoms with Gasteiger partial charge in [0, 0.05) is 11.6 Å². The molecule has 0 bridgehead atoms. The number of rotatable bonds is 3. The van der Waals surface area contributed by atoms with E-state index >= 15 is 0 Å². The summed E-state index contributed by atoms with van der Waals surface area (Å²) in [5.41, 5.74) is 0.848. The maximum absolute atomic E-state index is 11.1. The van der Waals surface area contributed by atoms with Gasteiger partial charge in [-0.15, -0.1) is 0 Å². The zero-order valence-corrected chi connectivity index (χ0v) is 9.47. The highest BCUT2D eigenvalue weighted by Crippen LogP contribution is 1.94. The van der Waals surface area contributed by atoms with Gasteiger partial charge in [0.05, 0.1) is 6.61 Å². The maximum Gasteiger partial charge on any atom is 0.379 e. The summed E-state index contributed by atoms with van der Waals surface area (Å²) in [6, 6.07) is 9.35. The molecule has 1 aromatic carbocycles. The van der Waals surface area contributed by atoms with Crippen LogP contribution in [0.1, 0.15) is 12.5 Å². The molecule has 0 radical (unpaired) electrons. The van der Waals surface area contributed by atoms with E-state index in [1.165, 1.54) is 6.08 Å². The minimum Gasteiger partial charge on any atom is -0.460 e. The van der Waals surface area contributed by atoms with Crippen LogP contribution in [-0.4, -0.2) is 18.4 Å². The Balaban J connectivity index is 2.54. The Hall–Kier alpha value is -2.34. The highest BCUT2D eigenvalue weighted by molar-refractivity contribution is 6.38. The SMILES string of the molecule is CCOC(=O)C(=O)C=CC#Cc1ccccc1. The molecule has 0 heterocycles. The topological polar surface area (TPSA) is 43.4 Å². The quantitative estimate of drug-likeness (QED) is 0.342. The highest BCUT2D eigenvalue weighted by Gasteiger charge is 2.09. The smallest absolute Gasteiger partial charge is 0.379 e. The third-order valence-corrected chi connectivity index (χ3v) is 1.78. The Morgan fingerprint density at radius 3 is 2.65 bits per heavy atom. The predicted molar refractivity (Wildman–Crippen MR) is 64.1 cm³/mol. The van der Waals surface area contributed by atoms with Gasteiger partial charge < -0.3 is 4.74 Å². The molecule has 0 saturated heterocycles. The van der Waals surface area contributed by atoms with Crippen molar-refractivity contribution in [3.8, 4) is 11.8 Å². The number of ether oxygens (including phenoxy) is 1. The van der Waals surface area contributed by atoms with Crippen LogP contribution >= 0.6 is 0 Å². The fourth-order valence-electron chi connectivity index (χ4n) is 1.03. The lowest BCUT2D eigenvalue weighted by Crippen LogP contribution is -2.14. The number of allylic oxidation sites excluding steroid dienone is 1. The lowest BCUT2D eigenvalue weighted by Gasteiger charge is -1.94. The largest absolute Gasteiger partial charge is 0.460 e. The van der Waals surface area contributed by atoms with Crippen LogP contribution in [-0.2, 0) is 14.3 Å². The van der Waals surface area contributed by atoms with E-state index < -0.39 is 11.8 Å². The van der Waals surface area contributed by atoms with Gasteiger partial charge in [-0.1, -0.05) is 30.0 Å². The van der Waals surface area contributed by atoms with E-state index in [4.69, 9.17) is 0 Å². The molecule has 86 valence electrons. The number of hydrogen-bond acceptors (Lipinski definition) is 3. The van der Waals surface area contributed by atoms with Crippen LogP contribution in [0.3, 0.4) is 0 Å². The molecule has 17 heavy (non-hydrogen) atoms. The third-order valence-electron chi connectivity index (χ3n) is 1.78. The van der Waals surface area contributed by atoms with E-state index in [0.29, 0.717) is 0 Å².